The summed E-state index contributed by atoms with van der Waals surface area (Å²) < 4.78 is 17.8. The molecule has 2 heterocycles. The number of carbonyl (C=O) groups excluding carboxylic acids is 1. The van der Waals surface area contributed by atoms with Crippen LogP contribution in [0, 0.1) is 34.0 Å². The second-order valence-corrected chi connectivity index (χ2v) is 11.1. The van der Waals surface area contributed by atoms with Crippen LogP contribution in [-0.4, -0.2) is 70.0 Å². The van der Waals surface area contributed by atoms with E-state index in [2.05, 4.69) is 20.4 Å². The first-order chi connectivity index (χ1) is 14.4. The monoisotopic (exact) mass is 438 g/mol. The third kappa shape index (κ3) is 2.15. The van der Waals surface area contributed by atoms with Crippen molar-refractivity contribution in [2.75, 3.05) is 7.11 Å². The SMILES string of the molecule is C=C1C2CC(O)C3C45CCCC(C)(C)C4C(OC(C)=O)C(O)(OC5OC)C3(C1O)C2O. The Morgan fingerprint density at radius 1 is 1.19 bits per heavy atom. The maximum absolute atomic E-state index is 12.3. The molecule has 8 heteroatoms. The quantitative estimate of drug-likeness (QED) is 0.367. The molecule has 0 aromatic heterocycles. The number of aliphatic hydroxyl groups excluding tert-OH is 3. The number of fused-ring (bicyclic) bond motifs is 2. The van der Waals surface area contributed by atoms with Gasteiger partial charge in [-0.2, -0.15) is 0 Å². The van der Waals surface area contributed by atoms with Gasteiger partial charge in [-0.3, -0.25) is 4.79 Å². The zero-order chi connectivity index (χ0) is 22.7. The van der Waals surface area contributed by atoms with Gasteiger partial charge in [0.2, 0.25) is 5.79 Å². The van der Waals surface area contributed by atoms with Gasteiger partial charge in [-0.25, -0.2) is 0 Å². The average Bonchev–Trinajstić information content (AvgIpc) is 2.79. The molecule has 2 spiro atoms. The lowest BCUT2D eigenvalue weighted by atomic mass is 9.35. The Bertz CT molecular complexity index is 826. The van der Waals surface area contributed by atoms with Gasteiger partial charge in [-0.15, -0.1) is 0 Å². The third-order valence-electron chi connectivity index (χ3n) is 9.52. The number of rotatable bonds is 2. The van der Waals surface area contributed by atoms with E-state index >= 15 is 0 Å². The van der Waals surface area contributed by atoms with Gasteiger partial charge in [0, 0.05) is 37.2 Å². The zero-order valence-corrected chi connectivity index (χ0v) is 18.6. The van der Waals surface area contributed by atoms with Gasteiger partial charge in [0.1, 0.15) is 0 Å². The first-order valence-electron chi connectivity index (χ1n) is 11.2. The molecular formula is C23H34O8. The standard InChI is InChI=1S/C23H34O8/c1-10-12-9-13(25)14-21-8-6-7-20(3,4)15(21)18(30-11(2)24)23(28,31-19(21)29-5)22(14,16(10)26)17(12)27/h12-19,25-28H,1,6-9H2,2-5H3. The number of carbonyl (C=O) groups is 1. The molecule has 174 valence electrons. The highest BCUT2D eigenvalue weighted by Crippen LogP contribution is 2.79. The molecule has 8 nitrogen and oxygen atoms in total. The summed E-state index contributed by atoms with van der Waals surface area (Å²) in [4.78, 5) is 12.2. The number of esters is 1. The Balaban J connectivity index is 1.85. The number of ether oxygens (including phenoxy) is 3. The summed E-state index contributed by atoms with van der Waals surface area (Å²) in [6.07, 6.45) is -2.98. The first kappa shape index (κ1) is 21.8. The molecule has 0 aromatic rings. The van der Waals surface area contributed by atoms with Crippen LogP contribution in [0.2, 0.25) is 0 Å². The van der Waals surface area contributed by atoms with E-state index < -0.39 is 71.0 Å². The van der Waals surface area contributed by atoms with Crippen molar-refractivity contribution >= 4 is 5.97 Å². The third-order valence-corrected chi connectivity index (χ3v) is 9.52. The summed E-state index contributed by atoms with van der Waals surface area (Å²) in [6, 6.07) is 0. The average molecular weight is 439 g/mol. The Morgan fingerprint density at radius 3 is 2.48 bits per heavy atom. The fourth-order valence-electron chi connectivity index (χ4n) is 8.84. The summed E-state index contributed by atoms with van der Waals surface area (Å²) in [7, 11) is 1.49. The smallest absolute Gasteiger partial charge is 0.303 e. The highest BCUT2D eigenvalue weighted by Gasteiger charge is 2.89. The summed E-state index contributed by atoms with van der Waals surface area (Å²) in [5.74, 6) is -4.56. The van der Waals surface area contributed by atoms with Crippen LogP contribution in [0.15, 0.2) is 12.2 Å². The Labute approximate surface area is 182 Å². The van der Waals surface area contributed by atoms with E-state index in [9.17, 15) is 25.2 Å². The fourth-order valence-corrected chi connectivity index (χ4v) is 8.84. The number of hydrogen-bond donors (Lipinski definition) is 4. The summed E-state index contributed by atoms with van der Waals surface area (Å²) in [5.41, 5.74) is -2.56. The molecule has 11 unspecified atom stereocenters. The van der Waals surface area contributed by atoms with Crippen molar-refractivity contribution in [1.29, 1.82) is 0 Å². The van der Waals surface area contributed by atoms with Gasteiger partial charge >= 0.3 is 5.97 Å². The Morgan fingerprint density at radius 2 is 1.87 bits per heavy atom. The van der Waals surface area contributed by atoms with Crippen LogP contribution in [0.1, 0.15) is 46.5 Å². The molecule has 0 radical (unpaired) electrons. The van der Waals surface area contributed by atoms with Gasteiger partial charge in [0.15, 0.2) is 12.4 Å². The minimum atomic E-state index is -2.26. The van der Waals surface area contributed by atoms with Crippen LogP contribution in [0.3, 0.4) is 0 Å². The van der Waals surface area contributed by atoms with Crippen LogP contribution in [0.25, 0.3) is 0 Å². The molecule has 6 fully saturated rings. The second-order valence-electron chi connectivity index (χ2n) is 11.1. The van der Waals surface area contributed by atoms with E-state index in [-0.39, 0.29) is 11.8 Å². The van der Waals surface area contributed by atoms with E-state index in [1.54, 1.807) is 0 Å². The van der Waals surface area contributed by atoms with Crippen molar-refractivity contribution in [1.82, 2.24) is 0 Å². The molecule has 6 aliphatic rings. The lowest BCUT2D eigenvalue weighted by molar-refractivity contribution is -0.521. The molecule has 31 heavy (non-hydrogen) atoms. The fraction of sp³-hybridized carbons (Fsp3) is 0.870. The lowest BCUT2D eigenvalue weighted by Gasteiger charge is -2.77. The molecule has 0 aromatic carbocycles. The van der Waals surface area contributed by atoms with Crippen LogP contribution in [0.4, 0.5) is 0 Å². The van der Waals surface area contributed by atoms with Crippen LogP contribution >= 0.6 is 0 Å². The first-order valence-corrected chi connectivity index (χ1v) is 11.2. The molecule has 4 bridgehead atoms. The van der Waals surface area contributed by atoms with E-state index in [0.717, 1.165) is 12.8 Å². The van der Waals surface area contributed by atoms with Crippen molar-refractivity contribution in [2.24, 2.45) is 34.0 Å². The van der Waals surface area contributed by atoms with Gasteiger partial charge in [0.05, 0.1) is 23.7 Å². The summed E-state index contributed by atoms with van der Waals surface area (Å²) >= 11 is 0. The molecular weight excluding hydrogens is 404 g/mol. The molecule has 2 aliphatic heterocycles. The molecule has 4 N–H and O–H groups in total. The van der Waals surface area contributed by atoms with Gasteiger partial charge in [-0.05, 0) is 30.3 Å². The minimum Gasteiger partial charge on any atom is -0.456 e. The van der Waals surface area contributed by atoms with Crippen molar-refractivity contribution in [3.05, 3.63) is 12.2 Å². The number of aliphatic hydroxyl groups is 4. The van der Waals surface area contributed by atoms with E-state index in [0.29, 0.717) is 12.0 Å². The second kappa shape index (κ2) is 6.30. The molecule has 4 saturated carbocycles. The van der Waals surface area contributed by atoms with Gasteiger partial charge < -0.3 is 34.6 Å². The van der Waals surface area contributed by atoms with Crippen molar-refractivity contribution < 1.29 is 39.4 Å². The minimum absolute atomic E-state index is 0.239. The van der Waals surface area contributed by atoms with E-state index in [4.69, 9.17) is 14.2 Å². The lowest BCUT2D eigenvalue weighted by Crippen LogP contribution is -2.88. The Kier molecular flexibility index (Phi) is 4.43. The molecule has 2 saturated heterocycles. The van der Waals surface area contributed by atoms with Crippen LogP contribution in [0.5, 0.6) is 0 Å². The van der Waals surface area contributed by atoms with E-state index in [1.807, 2.05) is 0 Å². The molecule has 11 atom stereocenters. The normalized spacial score (nSPS) is 56.7. The van der Waals surface area contributed by atoms with E-state index in [1.165, 1.54) is 14.0 Å². The van der Waals surface area contributed by atoms with Gasteiger partial charge in [-0.1, -0.05) is 26.8 Å². The number of methoxy groups -OCH3 is 1. The largest absolute Gasteiger partial charge is 0.456 e. The molecule has 6 rings (SSSR count). The molecule has 0 amide bonds. The predicted molar refractivity (Wildman–Crippen MR) is 107 cm³/mol. The topological polar surface area (TPSA) is 126 Å². The van der Waals surface area contributed by atoms with Crippen molar-refractivity contribution in [3.63, 3.8) is 0 Å². The highest BCUT2D eigenvalue weighted by atomic mass is 16.8. The summed E-state index contributed by atoms with van der Waals surface area (Å²) in [5, 5.41) is 46.7. The highest BCUT2D eigenvalue weighted by molar-refractivity contribution is 5.66. The predicted octanol–water partition coefficient (Wildman–Crippen LogP) is 0.711. The Hall–Kier alpha value is -1.03. The number of hydrogen-bond acceptors (Lipinski definition) is 8. The van der Waals surface area contributed by atoms with Crippen LogP contribution in [-0.2, 0) is 19.0 Å². The summed E-state index contributed by atoms with van der Waals surface area (Å²) in [6.45, 7) is 9.40. The zero-order valence-electron chi connectivity index (χ0n) is 18.6. The van der Waals surface area contributed by atoms with Gasteiger partial charge in [0.25, 0.3) is 0 Å². The van der Waals surface area contributed by atoms with Crippen molar-refractivity contribution in [2.45, 2.75) is 82.9 Å². The maximum atomic E-state index is 12.3. The van der Waals surface area contributed by atoms with Crippen molar-refractivity contribution in [3.8, 4) is 0 Å². The van der Waals surface area contributed by atoms with Crippen LogP contribution < -0.4 is 0 Å². The molecule has 4 aliphatic carbocycles. The maximum Gasteiger partial charge on any atom is 0.303 e.